The summed E-state index contributed by atoms with van der Waals surface area (Å²) in [6.07, 6.45) is -2.32. The van der Waals surface area contributed by atoms with Crippen LogP contribution in [0.15, 0.2) is 0 Å². The third-order valence-electron chi connectivity index (χ3n) is 0.560. The molecule has 0 aromatic carbocycles. The lowest BCUT2D eigenvalue weighted by Crippen LogP contribution is -2.15. The Labute approximate surface area is 47.6 Å². The van der Waals surface area contributed by atoms with Crippen LogP contribution in [0.5, 0.6) is 0 Å². The molecule has 8 heavy (non-hydrogen) atoms. The first kappa shape index (κ1) is 7.82. The zero-order valence-corrected chi connectivity index (χ0v) is 5.08. The summed E-state index contributed by atoms with van der Waals surface area (Å²) >= 11 is 0. The number of hydrogen-bond donors (Lipinski definition) is 0. The average Bonchev–Trinajstić information content (AvgIpc) is 1.59. The fourth-order valence-electron chi connectivity index (χ4n) is 0.281. The molecule has 1 nitrogen and oxygen atoms in total. The normalized spacial score (nSPS) is 12.0. The molecule has 0 spiro atoms. The molecule has 0 heterocycles. The van der Waals surface area contributed by atoms with Gasteiger partial charge in [-0.3, -0.25) is 0 Å². The van der Waals surface area contributed by atoms with Crippen molar-refractivity contribution in [2.75, 3.05) is 6.61 Å². The van der Waals surface area contributed by atoms with Crippen molar-refractivity contribution in [2.24, 2.45) is 0 Å². The fourth-order valence-corrected chi connectivity index (χ4v) is 0.281. The van der Waals surface area contributed by atoms with Crippen molar-refractivity contribution in [3.8, 4) is 0 Å². The summed E-state index contributed by atoms with van der Waals surface area (Å²) < 4.78 is 27.4. The van der Waals surface area contributed by atoms with Crippen LogP contribution in [0.25, 0.3) is 0 Å². The van der Waals surface area contributed by atoms with Gasteiger partial charge in [-0.15, -0.1) is 0 Å². The Morgan fingerprint density at radius 2 is 2.00 bits per heavy atom. The standard InChI is InChI=1S/C5H10F2O/c1-3-4-8-5(2,6)7/h3-4H2,1-2H3. The van der Waals surface area contributed by atoms with E-state index in [2.05, 4.69) is 4.74 Å². The molecule has 3 heteroatoms. The summed E-state index contributed by atoms with van der Waals surface area (Å²) in [4.78, 5) is 0. The summed E-state index contributed by atoms with van der Waals surface area (Å²) in [5, 5.41) is 0. The lowest BCUT2D eigenvalue weighted by Gasteiger charge is -2.08. The Kier molecular flexibility index (Phi) is 2.90. The highest BCUT2D eigenvalue weighted by atomic mass is 19.3. The van der Waals surface area contributed by atoms with E-state index >= 15 is 0 Å². The van der Waals surface area contributed by atoms with Crippen molar-refractivity contribution in [2.45, 2.75) is 26.4 Å². The van der Waals surface area contributed by atoms with Crippen LogP contribution in [-0.2, 0) is 4.74 Å². The first-order valence-corrected chi connectivity index (χ1v) is 2.58. The molecular weight excluding hydrogens is 114 g/mol. The van der Waals surface area contributed by atoms with E-state index in [0.717, 1.165) is 6.92 Å². The lowest BCUT2D eigenvalue weighted by molar-refractivity contribution is -0.223. The van der Waals surface area contributed by atoms with Gasteiger partial charge in [-0.25, -0.2) is 0 Å². The molecule has 0 fully saturated rings. The molecule has 0 aliphatic heterocycles. The molecular formula is C5H10F2O. The molecule has 0 rings (SSSR count). The van der Waals surface area contributed by atoms with Crippen LogP contribution in [0.4, 0.5) is 8.78 Å². The van der Waals surface area contributed by atoms with E-state index in [0.29, 0.717) is 6.42 Å². The van der Waals surface area contributed by atoms with Crippen molar-refractivity contribution in [3.63, 3.8) is 0 Å². The highest BCUT2D eigenvalue weighted by Crippen LogP contribution is 2.12. The number of hydrogen-bond acceptors (Lipinski definition) is 1. The van der Waals surface area contributed by atoms with Gasteiger partial charge in [-0.05, 0) is 6.42 Å². The zero-order valence-electron chi connectivity index (χ0n) is 5.08. The van der Waals surface area contributed by atoms with Gasteiger partial charge in [0.1, 0.15) is 0 Å². The van der Waals surface area contributed by atoms with Crippen LogP contribution in [0.1, 0.15) is 20.3 Å². The van der Waals surface area contributed by atoms with E-state index in [1.807, 2.05) is 0 Å². The number of alkyl halides is 2. The first-order chi connectivity index (χ1) is 3.56. The predicted molar refractivity (Wildman–Crippen MR) is 26.9 cm³/mol. The minimum absolute atomic E-state index is 0.128. The molecule has 0 aromatic heterocycles. The Bertz CT molecular complexity index is 57.9. The summed E-state index contributed by atoms with van der Waals surface area (Å²) in [6, 6.07) is 0. The van der Waals surface area contributed by atoms with Crippen molar-refractivity contribution >= 4 is 0 Å². The van der Waals surface area contributed by atoms with Crippen LogP contribution in [0, 0.1) is 0 Å². The summed E-state index contributed by atoms with van der Waals surface area (Å²) in [5.41, 5.74) is 0. The molecule has 0 saturated carbocycles. The molecule has 0 radical (unpaired) electrons. The second-order valence-electron chi connectivity index (χ2n) is 1.66. The molecule has 0 aliphatic carbocycles. The second kappa shape index (κ2) is 2.97. The van der Waals surface area contributed by atoms with Gasteiger partial charge in [0.2, 0.25) is 0 Å². The second-order valence-corrected chi connectivity index (χ2v) is 1.66. The number of halogens is 2. The van der Waals surface area contributed by atoms with Gasteiger partial charge >= 0.3 is 6.11 Å². The van der Waals surface area contributed by atoms with Crippen LogP contribution in [-0.4, -0.2) is 12.7 Å². The Morgan fingerprint density at radius 3 is 2.12 bits per heavy atom. The maximum atomic E-state index is 11.7. The minimum Gasteiger partial charge on any atom is -0.321 e. The maximum absolute atomic E-state index is 11.7. The van der Waals surface area contributed by atoms with E-state index in [1.54, 1.807) is 6.92 Å². The predicted octanol–water partition coefficient (Wildman–Crippen LogP) is 2.03. The molecule has 0 bridgehead atoms. The van der Waals surface area contributed by atoms with E-state index in [-0.39, 0.29) is 6.61 Å². The quantitative estimate of drug-likeness (QED) is 0.559. The Balaban J connectivity index is 3.11. The molecule has 50 valence electrons. The van der Waals surface area contributed by atoms with Gasteiger partial charge in [-0.1, -0.05) is 6.92 Å². The topological polar surface area (TPSA) is 9.23 Å². The van der Waals surface area contributed by atoms with Gasteiger partial charge in [0, 0.05) is 6.92 Å². The third kappa shape index (κ3) is 5.82. The minimum atomic E-state index is -2.95. The van der Waals surface area contributed by atoms with Gasteiger partial charge in [-0.2, -0.15) is 8.78 Å². The molecule has 0 aromatic rings. The molecule has 0 unspecified atom stereocenters. The van der Waals surface area contributed by atoms with Crippen LogP contribution in [0.3, 0.4) is 0 Å². The Morgan fingerprint density at radius 1 is 1.50 bits per heavy atom. The largest absolute Gasteiger partial charge is 0.352 e. The monoisotopic (exact) mass is 124 g/mol. The smallest absolute Gasteiger partial charge is 0.321 e. The average molecular weight is 124 g/mol. The highest BCUT2D eigenvalue weighted by molar-refractivity contribution is 4.36. The first-order valence-electron chi connectivity index (χ1n) is 2.58. The maximum Gasteiger partial charge on any atom is 0.352 e. The summed E-state index contributed by atoms with van der Waals surface area (Å²) in [7, 11) is 0. The van der Waals surface area contributed by atoms with Crippen LogP contribution in [0.2, 0.25) is 0 Å². The van der Waals surface area contributed by atoms with Crippen LogP contribution >= 0.6 is 0 Å². The third-order valence-corrected chi connectivity index (χ3v) is 0.560. The lowest BCUT2D eigenvalue weighted by atomic mass is 10.5. The van der Waals surface area contributed by atoms with E-state index in [4.69, 9.17) is 0 Å². The van der Waals surface area contributed by atoms with Crippen molar-refractivity contribution in [3.05, 3.63) is 0 Å². The molecule has 0 atom stereocenters. The van der Waals surface area contributed by atoms with Crippen LogP contribution < -0.4 is 0 Å². The SMILES string of the molecule is CCCOC(C)(F)F. The Hall–Kier alpha value is -0.180. The van der Waals surface area contributed by atoms with E-state index in [1.165, 1.54) is 0 Å². The van der Waals surface area contributed by atoms with Gasteiger partial charge in [0.15, 0.2) is 0 Å². The molecule has 0 N–H and O–H groups in total. The van der Waals surface area contributed by atoms with Gasteiger partial charge < -0.3 is 4.74 Å². The fraction of sp³-hybridized carbons (Fsp3) is 1.00. The van der Waals surface area contributed by atoms with E-state index in [9.17, 15) is 8.78 Å². The summed E-state index contributed by atoms with van der Waals surface area (Å²) in [5.74, 6) is 0. The zero-order chi connectivity index (χ0) is 6.62. The molecule has 0 amide bonds. The highest BCUT2D eigenvalue weighted by Gasteiger charge is 2.19. The summed E-state index contributed by atoms with van der Waals surface area (Å²) in [6.45, 7) is 2.65. The van der Waals surface area contributed by atoms with Crippen molar-refractivity contribution < 1.29 is 13.5 Å². The van der Waals surface area contributed by atoms with E-state index < -0.39 is 6.11 Å². The molecule has 0 saturated heterocycles. The van der Waals surface area contributed by atoms with Gasteiger partial charge in [0.05, 0.1) is 6.61 Å². The number of ether oxygens (including phenoxy) is 1. The number of rotatable bonds is 3. The van der Waals surface area contributed by atoms with Crippen molar-refractivity contribution in [1.29, 1.82) is 0 Å². The van der Waals surface area contributed by atoms with Gasteiger partial charge in [0.25, 0.3) is 0 Å². The van der Waals surface area contributed by atoms with Crippen molar-refractivity contribution in [1.82, 2.24) is 0 Å². The molecule has 0 aliphatic rings.